The second-order valence-corrected chi connectivity index (χ2v) is 10.2. The van der Waals surface area contributed by atoms with Crippen LogP contribution in [0.2, 0.25) is 5.02 Å². The molecule has 6 heteroatoms. The van der Waals surface area contributed by atoms with Gasteiger partial charge in [0.05, 0.1) is 0 Å². The first-order chi connectivity index (χ1) is 15.1. The fourth-order valence-corrected chi connectivity index (χ4v) is 4.65. The van der Waals surface area contributed by atoms with Gasteiger partial charge in [-0.15, -0.1) is 0 Å². The van der Waals surface area contributed by atoms with Gasteiger partial charge in [-0.25, -0.2) is 0 Å². The second-order valence-electron chi connectivity index (χ2n) is 9.72. The van der Waals surface area contributed by atoms with Gasteiger partial charge in [0, 0.05) is 23.0 Å². The number of nitrogens with two attached hydrogens (primary N) is 1. The van der Waals surface area contributed by atoms with Gasteiger partial charge in [0.15, 0.2) is 0 Å². The number of carbonyl (C=O) groups excluding carboxylic acids is 1. The van der Waals surface area contributed by atoms with Gasteiger partial charge in [0.1, 0.15) is 6.04 Å². The molecule has 0 aromatic heterocycles. The molecule has 2 aromatic carbocycles. The molecule has 5 nitrogen and oxygen atoms in total. The average Bonchev–Trinajstić information content (AvgIpc) is 2.76. The summed E-state index contributed by atoms with van der Waals surface area (Å²) in [5, 5.41) is 12.8. The zero-order chi connectivity index (χ0) is 23.3. The van der Waals surface area contributed by atoms with Crippen molar-refractivity contribution in [3.63, 3.8) is 0 Å². The Bertz CT molecular complexity index is 915. The van der Waals surface area contributed by atoms with Crippen LogP contribution in [0.1, 0.15) is 66.9 Å². The predicted octanol–water partition coefficient (Wildman–Crippen LogP) is 5.02. The molecule has 2 atom stereocenters. The molecule has 0 saturated heterocycles. The summed E-state index contributed by atoms with van der Waals surface area (Å²) >= 11 is 6.10. The summed E-state index contributed by atoms with van der Waals surface area (Å²) in [5.74, 6) is -0.412. The third-order valence-corrected chi connectivity index (χ3v) is 6.97. The molecule has 0 heterocycles. The van der Waals surface area contributed by atoms with E-state index in [9.17, 15) is 9.59 Å². The summed E-state index contributed by atoms with van der Waals surface area (Å²) in [6, 6.07) is 14.0. The van der Waals surface area contributed by atoms with Crippen molar-refractivity contribution >= 4 is 23.5 Å². The summed E-state index contributed by atoms with van der Waals surface area (Å²) < 4.78 is 0. The summed E-state index contributed by atoms with van der Waals surface area (Å²) in [6.45, 7) is 5.22. The Hall–Kier alpha value is -2.37. The maximum atomic E-state index is 12.8. The Kier molecular flexibility index (Phi) is 7.96. The third kappa shape index (κ3) is 6.57. The van der Waals surface area contributed by atoms with Crippen molar-refractivity contribution in [3.8, 4) is 0 Å². The van der Waals surface area contributed by atoms with E-state index in [1.807, 2.05) is 12.1 Å². The number of carboxylic acid groups (broad SMARTS) is 1. The average molecular weight is 457 g/mol. The van der Waals surface area contributed by atoms with Gasteiger partial charge in [0.2, 0.25) is 0 Å². The van der Waals surface area contributed by atoms with Crippen molar-refractivity contribution in [1.82, 2.24) is 5.32 Å². The van der Waals surface area contributed by atoms with Crippen molar-refractivity contribution in [2.75, 3.05) is 6.54 Å². The van der Waals surface area contributed by atoms with Crippen LogP contribution < -0.4 is 11.1 Å². The molecule has 1 fully saturated rings. The first-order valence-electron chi connectivity index (χ1n) is 11.3. The fraction of sp³-hybridized carbons (Fsp3) is 0.462. The summed E-state index contributed by atoms with van der Waals surface area (Å²) in [7, 11) is 0. The van der Waals surface area contributed by atoms with E-state index in [-0.39, 0.29) is 18.2 Å². The van der Waals surface area contributed by atoms with Crippen LogP contribution in [0.25, 0.3) is 0 Å². The van der Waals surface area contributed by atoms with Crippen molar-refractivity contribution < 1.29 is 14.7 Å². The number of aliphatic carboxylic acids is 1. The molecule has 0 bridgehead atoms. The molecule has 0 aliphatic heterocycles. The van der Waals surface area contributed by atoms with Crippen molar-refractivity contribution in [2.24, 2.45) is 17.1 Å². The molecule has 1 amide bonds. The van der Waals surface area contributed by atoms with Gasteiger partial charge < -0.3 is 16.2 Å². The Morgan fingerprint density at radius 2 is 1.69 bits per heavy atom. The lowest BCUT2D eigenvalue weighted by molar-refractivity contribution is -0.138. The number of hydrogen-bond acceptors (Lipinski definition) is 3. The third-order valence-electron chi connectivity index (χ3n) is 6.72. The van der Waals surface area contributed by atoms with Crippen LogP contribution in [-0.4, -0.2) is 29.6 Å². The number of carbonyl (C=O) groups is 2. The minimum absolute atomic E-state index is 0.130. The first kappa shape index (κ1) is 24.3. The maximum absolute atomic E-state index is 12.8. The fourth-order valence-electron chi connectivity index (χ4n) is 4.53. The standard InChI is InChI=1S/C26H33ClN2O3/c1-26(2)13-11-19(12-14-26)22(18-7-9-21(27)10-8-18)16-29-24(30)20-5-3-17(4-6-20)15-23(28)25(31)32/h3-10,19,22-23H,11-16,28H2,1-2H3,(H,29,30)(H,31,32)/t22-,23?/m0/s1. The van der Waals surface area contributed by atoms with E-state index >= 15 is 0 Å². The lowest BCUT2D eigenvalue weighted by Crippen LogP contribution is -2.34. The van der Waals surface area contributed by atoms with Gasteiger partial charge in [-0.2, -0.15) is 0 Å². The lowest BCUT2D eigenvalue weighted by Gasteiger charge is -2.38. The molecule has 1 aliphatic rings. The zero-order valence-electron chi connectivity index (χ0n) is 18.8. The van der Waals surface area contributed by atoms with E-state index < -0.39 is 12.0 Å². The van der Waals surface area contributed by atoms with Gasteiger partial charge in [-0.3, -0.25) is 9.59 Å². The summed E-state index contributed by atoms with van der Waals surface area (Å²) in [5.41, 5.74) is 8.53. The van der Waals surface area contributed by atoms with Crippen molar-refractivity contribution in [3.05, 3.63) is 70.2 Å². The Labute approximate surface area is 195 Å². The topological polar surface area (TPSA) is 92.4 Å². The summed E-state index contributed by atoms with van der Waals surface area (Å²) in [6.07, 6.45) is 4.91. The highest BCUT2D eigenvalue weighted by atomic mass is 35.5. The minimum atomic E-state index is -1.04. The van der Waals surface area contributed by atoms with Crippen LogP contribution in [0.15, 0.2) is 48.5 Å². The van der Waals surface area contributed by atoms with Crippen molar-refractivity contribution in [2.45, 2.75) is 57.9 Å². The van der Waals surface area contributed by atoms with Crippen LogP contribution in [-0.2, 0) is 11.2 Å². The van der Waals surface area contributed by atoms with Crippen LogP contribution in [0.5, 0.6) is 0 Å². The molecular formula is C26H33ClN2O3. The highest BCUT2D eigenvalue weighted by molar-refractivity contribution is 6.30. The normalized spacial score (nSPS) is 18.0. The van der Waals surface area contributed by atoms with Gasteiger partial charge in [0.25, 0.3) is 5.91 Å². The molecule has 32 heavy (non-hydrogen) atoms. The molecule has 2 aromatic rings. The first-order valence-corrected chi connectivity index (χ1v) is 11.6. The molecule has 0 spiro atoms. The van der Waals surface area contributed by atoms with Crippen LogP contribution in [0.3, 0.4) is 0 Å². The second kappa shape index (κ2) is 10.5. The van der Waals surface area contributed by atoms with Crippen LogP contribution in [0, 0.1) is 11.3 Å². The van der Waals surface area contributed by atoms with Gasteiger partial charge >= 0.3 is 5.97 Å². The number of benzene rings is 2. The monoisotopic (exact) mass is 456 g/mol. The summed E-state index contributed by atoms with van der Waals surface area (Å²) in [4.78, 5) is 23.7. The Balaban J connectivity index is 1.66. The number of rotatable bonds is 8. The van der Waals surface area contributed by atoms with E-state index in [2.05, 4.69) is 31.3 Å². The smallest absolute Gasteiger partial charge is 0.320 e. The number of halogens is 1. The molecule has 1 saturated carbocycles. The van der Waals surface area contributed by atoms with E-state index in [1.54, 1.807) is 24.3 Å². The van der Waals surface area contributed by atoms with E-state index in [4.69, 9.17) is 22.4 Å². The number of carboxylic acids is 1. The van der Waals surface area contributed by atoms with Gasteiger partial charge in [-0.05, 0) is 78.8 Å². The number of nitrogens with one attached hydrogen (secondary N) is 1. The highest BCUT2D eigenvalue weighted by Gasteiger charge is 2.32. The Morgan fingerprint density at radius 1 is 1.09 bits per heavy atom. The van der Waals surface area contributed by atoms with Gasteiger partial charge in [-0.1, -0.05) is 49.7 Å². The lowest BCUT2D eigenvalue weighted by atomic mass is 9.68. The molecule has 3 rings (SSSR count). The number of hydrogen-bond donors (Lipinski definition) is 3. The maximum Gasteiger partial charge on any atom is 0.320 e. The van der Waals surface area contributed by atoms with E-state index in [1.165, 1.54) is 18.4 Å². The largest absolute Gasteiger partial charge is 0.480 e. The van der Waals surface area contributed by atoms with Crippen LogP contribution in [0.4, 0.5) is 0 Å². The molecule has 0 radical (unpaired) electrons. The molecule has 172 valence electrons. The highest BCUT2D eigenvalue weighted by Crippen LogP contribution is 2.43. The molecule has 1 aliphatic carbocycles. The molecule has 4 N–H and O–H groups in total. The SMILES string of the molecule is CC1(C)CCC([C@@H](CNC(=O)c2ccc(CC(N)C(=O)O)cc2)c2ccc(Cl)cc2)CC1. The minimum Gasteiger partial charge on any atom is -0.480 e. The van der Waals surface area contributed by atoms with E-state index in [0.29, 0.717) is 28.5 Å². The van der Waals surface area contributed by atoms with E-state index in [0.717, 1.165) is 18.4 Å². The number of amides is 1. The zero-order valence-corrected chi connectivity index (χ0v) is 19.6. The molecular weight excluding hydrogens is 424 g/mol. The van der Waals surface area contributed by atoms with Crippen molar-refractivity contribution in [1.29, 1.82) is 0 Å². The molecule has 1 unspecified atom stereocenters. The predicted molar refractivity (Wildman–Crippen MR) is 128 cm³/mol. The van der Waals surface area contributed by atoms with Crippen LogP contribution >= 0.6 is 11.6 Å². The Morgan fingerprint density at radius 3 is 2.25 bits per heavy atom. The quantitative estimate of drug-likeness (QED) is 0.519.